The van der Waals surface area contributed by atoms with E-state index < -0.39 is 0 Å². The van der Waals surface area contributed by atoms with Gasteiger partial charge in [0.1, 0.15) is 5.78 Å². The smallest absolute Gasteiger partial charge is 0.144 e. The third-order valence-corrected chi connectivity index (χ3v) is 2.82. The number of hydrogen-bond donors (Lipinski definition) is 0. The first-order chi connectivity index (χ1) is 7.33. The molecule has 0 radical (unpaired) electrons. The number of Topliss-reactive ketones (excluding diaryl/α,β-unsaturated/α-hetero) is 1. The van der Waals surface area contributed by atoms with Crippen LogP contribution < -0.4 is 0 Å². The second-order valence-corrected chi connectivity index (χ2v) is 4.00. The van der Waals surface area contributed by atoms with E-state index in [9.17, 15) is 4.79 Å². The van der Waals surface area contributed by atoms with Gasteiger partial charge < -0.3 is 0 Å². The number of hydrogen-bond acceptors (Lipinski definition) is 2. The van der Waals surface area contributed by atoms with Crippen molar-refractivity contribution >= 4 is 5.78 Å². The molecule has 0 heterocycles. The highest BCUT2D eigenvalue weighted by Crippen LogP contribution is 2.36. The Hall–Kier alpha value is -1.62. The van der Waals surface area contributed by atoms with Gasteiger partial charge in [0.15, 0.2) is 0 Å². The fourth-order valence-corrected chi connectivity index (χ4v) is 1.81. The van der Waals surface area contributed by atoms with Crippen LogP contribution in [-0.2, 0) is 4.79 Å². The lowest BCUT2D eigenvalue weighted by atomic mass is 9.90. The van der Waals surface area contributed by atoms with Gasteiger partial charge in [-0.25, -0.2) is 0 Å². The first-order valence-corrected chi connectivity index (χ1v) is 5.28. The number of ketones is 1. The normalized spacial score (nSPS) is 16.7. The van der Waals surface area contributed by atoms with Gasteiger partial charge in [-0.15, -0.1) is 0 Å². The summed E-state index contributed by atoms with van der Waals surface area (Å²) in [6.07, 6.45) is 2.32. The second kappa shape index (κ2) is 4.27. The molecule has 0 aromatic heterocycles. The maximum atomic E-state index is 11.9. The average molecular weight is 199 g/mol. The molecule has 1 saturated carbocycles. The number of carbonyl (C=O) groups excluding carboxylic acids is 1. The summed E-state index contributed by atoms with van der Waals surface area (Å²) in [5, 5.41) is 8.75. The van der Waals surface area contributed by atoms with Crippen LogP contribution >= 0.6 is 0 Å². The van der Waals surface area contributed by atoms with Gasteiger partial charge in [-0.2, -0.15) is 5.26 Å². The highest BCUT2D eigenvalue weighted by atomic mass is 16.1. The maximum absolute atomic E-state index is 11.9. The van der Waals surface area contributed by atoms with E-state index in [-0.39, 0.29) is 17.6 Å². The number of rotatable bonds is 4. The Kier molecular flexibility index (Phi) is 2.82. The Bertz CT molecular complexity index is 387. The van der Waals surface area contributed by atoms with E-state index in [0.29, 0.717) is 6.42 Å². The largest absolute Gasteiger partial charge is 0.299 e. The van der Waals surface area contributed by atoms with Gasteiger partial charge in [0.05, 0.1) is 12.0 Å². The molecule has 1 aliphatic carbocycles. The van der Waals surface area contributed by atoms with Crippen LogP contribution in [-0.4, -0.2) is 5.78 Å². The van der Waals surface area contributed by atoms with Crippen LogP contribution in [0.25, 0.3) is 0 Å². The average Bonchev–Trinajstić information content (AvgIpc) is 3.10. The lowest BCUT2D eigenvalue weighted by molar-refractivity contribution is -0.121. The molecule has 1 aromatic carbocycles. The highest BCUT2D eigenvalue weighted by Gasteiger charge is 2.35. The lowest BCUT2D eigenvalue weighted by Crippen LogP contribution is -2.13. The minimum atomic E-state index is -0.205. The molecule has 1 fully saturated rings. The molecule has 2 heteroatoms. The fourth-order valence-electron chi connectivity index (χ4n) is 1.81. The summed E-state index contributed by atoms with van der Waals surface area (Å²) in [5.74, 6) is 0.273. The molecule has 0 bridgehead atoms. The predicted molar refractivity (Wildman–Crippen MR) is 57.1 cm³/mol. The summed E-state index contributed by atoms with van der Waals surface area (Å²) < 4.78 is 0. The Morgan fingerprint density at radius 3 is 2.60 bits per heavy atom. The van der Waals surface area contributed by atoms with Crippen LogP contribution in [0.1, 0.15) is 30.7 Å². The molecule has 1 unspecified atom stereocenters. The molecule has 76 valence electrons. The van der Waals surface area contributed by atoms with E-state index in [1.807, 2.05) is 30.3 Å². The monoisotopic (exact) mass is 199 g/mol. The van der Waals surface area contributed by atoms with Crippen LogP contribution in [0.15, 0.2) is 30.3 Å². The Labute approximate surface area is 89.5 Å². The molecule has 0 spiro atoms. The van der Waals surface area contributed by atoms with Crippen molar-refractivity contribution in [1.29, 1.82) is 5.26 Å². The summed E-state index contributed by atoms with van der Waals surface area (Å²) in [6.45, 7) is 0. The minimum Gasteiger partial charge on any atom is -0.299 e. The minimum absolute atomic E-state index is 0.205. The predicted octanol–water partition coefficient (Wildman–Crippen LogP) is 2.66. The first kappa shape index (κ1) is 9.92. The molecule has 2 rings (SSSR count). The van der Waals surface area contributed by atoms with Crippen molar-refractivity contribution in [2.24, 2.45) is 5.92 Å². The third-order valence-electron chi connectivity index (χ3n) is 2.82. The van der Waals surface area contributed by atoms with Crippen LogP contribution in [0.5, 0.6) is 0 Å². The Balaban J connectivity index is 2.19. The molecular weight excluding hydrogens is 186 g/mol. The molecule has 1 atom stereocenters. The van der Waals surface area contributed by atoms with Crippen LogP contribution in [0, 0.1) is 17.2 Å². The number of benzene rings is 1. The van der Waals surface area contributed by atoms with E-state index in [2.05, 4.69) is 6.07 Å². The van der Waals surface area contributed by atoms with Crippen molar-refractivity contribution in [2.75, 3.05) is 0 Å². The molecule has 0 N–H and O–H groups in total. The molecule has 0 amide bonds. The standard InChI is InChI=1S/C13H13NO/c14-9-8-12(13(15)11-6-7-11)10-4-2-1-3-5-10/h1-5,11-12H,6-8H2. The van der Waals surface area contributed by atoms with Gasteiger partial charge in [0.2, 0.25) is 0 Å². The summed E-state index contributed by atoms with van der Waals surface area (Å²) >= 11 is 0. The van der Waals surface area contributed by atoms with E-state index in [0.717, 1.165) is 18.4 Å². The first-order valence-electron chi connectivity index (χ1n) is 5.28. The molecular formula is C13H13NO. The SMILES string of the molecule is N#CCC(C(=O)C1CC1)c1ccccc1. The maximum Gasteiger partial charge on any atom is 0.144 e. The van der Waals surface area contributed by atoms with E-state index >= 15 is 0 Å². The van der Waals surface area contributed by atoms with Gasteiger partial charge in [-0.1, -0.05) is 30.3 Å². The molecule has 0 saturated heterocycles. The van der Waals surface area contributed by atoms with Gasteiger partial charge in [0.25, 0.3) is 0 Å². The van der Waals surface area contributed by atoms with Crippen molar-refractivity contribution in [3.63, 3.8) is 0 Å². The van der Waals surface area contributed by atoms with Crippen molar-refractivity contribution in [3.05, 3.63) is 35.9 Å². The third kappa shape index (κ3) is 2.24. The van der Waals surface area contributed by atoms with Crippen LogP contribution in [0.4, 0.5) is 0 Å². The molecule has 1 aromatic rings. The highest BCUT2D eigenvalue weighted by molar-refractivity contribution is 5.89. The fraction of sp³-hybridized carbons (Fsp3) is 0.385. The number of nitrogens with zero attached hydrogens (tertiary/aromatic N) is 1. The second-order valence-electron chi connectivity index (χ2n) is 4.00. The summed E-state index contributed by atoms with van der Waals surface area (Å²) in [4.78, 5) is 11.9. The zero-order chi connectivity index (χ0) is 10.7. The zero-order valence-electron chi connectivity index (χ0n) is 8.52. The molecule has 1 aliphatic rings. The van der Waals surface area contributed by atoms with Crippen LogP contribution in [0.3, 0.4) is 0 Å². The van der Waals surface area contributed by atoms with Gasteiger partial charge in [-0.3, -0.25) is 4.79 Å². The van der Waals surface area contributed by atoms with Gasteiger partial charge in [0, 0.05) is 12.3 Å². The molecule has 2 nitrogen and oxygen atoms in total. The topological polar surface area (TPSA) is 40.9 Å². The van der Waals surface area contributed by atoms with Crippen molar-refractivity contribution < 1.29 is 4.79 Å². The lowest BCUT2D eigenvalue weighted by Gasteiger charge is -2.11. The number of nitriles is 1. The number of carbonyl (C=O) groups is 1. The van der Waals surface area contributed by atoms with Crippen molar-refractivity contribution in [1.82, 2.24) is 0 Å². The van der Waals surface area contributed by atoms with E-state index in [1.165, 1.54) is 0 Å². The molecule has 15 heavy (non-hydrogen) atoms. The van der Waals surface area contributed by atoms with Crippen molar-refractivity contribution in [2.45, 2.75) is 25.2 Å². The van der Waals surface area contributed by atoms with Crippen molar-refractivity contribution in [3.8, 4) is 6.07 Å². The quantitative estimate of drug-likeness (QED) is 0.748. The van der Waals surface area contributed by atoms with E-state index in [1.54, 1.807) is 0 Å². The van der Waals surface area contributed by atoms with Gasteiger partial charge >= 0.3 is 0 Å². The zero-order valence-corrected chi connectivity index (χ0v) is 8.52. The van der Waals surface area contributed by atoms with Gasteiger partial charge in [-0.05, 0) is 18.4 Å². The Morgan fingerprint density at radius 1 is 1.40 bits per heavy atom. The van der Waals surface area contributed by atoms with E-state index in [4.69, 9.17) is 5.26 Å². The summed E-state index contributed by atoms with van der Waals surface area (Å²) in [5.41, 5.74) is 0.982. The Morgan fingerprint density at radius 2 is 2.07 bits per heavy atom. The summed E-state index contributed by atoms with van der Waals surface area (Å²) in [7, 11) is 0. The van der Waals surface area contributed by atoms with Crippen LogP contribution in [0.2, 0.25) is 0 Å². The summed E-state index contributed by atoms with van der Waals surface area (Å²) in [6, 6.07) is 11.7. The molecule has 0 aliphatic heterocycles.